The molecule has 2 aliphatic heterocycles. The van der Waals surface area contributed by atoms with Gasteiger partial charge in [-0.15, -0.1) is 0 Å². The van der Waals surface area contributed by atoms with Crippen molar-refractivity contribution in [3.63, 3.8) is 0 Å². The zero-order chi connectivity index (χ0) is 21.1. The first-order valence-corrected chi connectivity index (χ1v) is 9.96. The lowest BCUT2D eigenvalue weighted by Gasteiger charge is -2.45. The number of hydrogen-bond acceptors (Lipinski definition) is 6. The Labute approximate surface area is 174 Å². The Bertz CT molecular complexity index is 920. The highest BCUT2D eigenvalue weighted by Gasteiger charge is 2.47. The molecule has 2 aliphatic rings. The molecule has 2 aromatic rings. The number of carbonyl (C=O) groups excluding carboxylic acids is 2. The number of anilines is 1. The number of aromatic nitrogens is 2. The summed E-state index contributed by atoms with van der Waals surface area (Å²) in [5, 5.41) is 2.92. The maximum Gasteiger partial charge on any atom is 0.255 e. The fourth-order valence-corrected chi connectivity index (χ4v) is 4.13. The fourth-order valence-electron chi connectivity index (χ4n) is 4.13. The largest absolute Gasteiger partial charge is 0.497 e. The molecule has 1 fully saturated rings. The Morgan fingerprint density at radius 2 is 2.10 bits per heavy atom. The number of imidazole rings is 1. The van der Waals surface area contributed by atoms with Crippen LogP contribution in [-0.2, 0) is 31.2 Å². The molecule has 1 N–H and O–H groups in total. The average molecular weight is 414 g/mol. The van der Waals surface area contributed by atoms with Crippen molar-refractivity contribution >= 4 is 17.5 Å². The topological polar surface area (TPSA) is 94.9 Å². The number of amides is 2. The fraction of sp³-hybridized carbons (Fsp3) is 0.476. The van der Waals surface area contributed by atoms with Crippen LogP contribution in [0.1, 0.15) is 18.7 Å². The minimum Gasteiger partial charge on any atom is -0.497 e. The van der Waals surface area contributed by atoms with Crippen LogP contribution in [0.2, 0.25) is 0 Å². The van der Waals surface area contributed by atoms with Gasteiger partial charge in [-0.1, -0.05) is 6.07 Å². The van der Waals surface area contributed by atoms with Gasteiger partial charge in [-0.05, 0) is 12.1 Å². The van der Waals surface area contributed by atoms with E-state index in [1.165, 1.54) is 7.11 Å². The van der Waals surface area contributed by atoms with E-state index in [0.29, 0.717) is 43.9 Å². The SMILES string of the molecule is COCC(=O)N1CCC2(CC1)O[C@@H](C(=O)Nc1cccc(OC)c1)Cn1ccnc12. The molecule has 1 aromatic carbocycles. The van der Waals surface area contributed by atoms with Crippen LogP contribution in [0.3, 0.4) is 0 Å². The quantitative estimate of drug-likeness (QED) is 0.795. The third-order valence-corrected chi connectivity index (χ3v) is 5.67. The number of ether oxygens (including phenoxy) is 3. The van der Waals surface area contributed by atoms with Crippen LogP contribution >= 0.6 is 0 Å². The molecule has 3 heterocycles. The van der Waals surface area contributed by atoms with Gasteiger partial charge in [0.1, 0.15) is 23.8 Å². The summed E-state index contributed by atoms with van der Waals surface area (Å²) < 4.78 is 18.5. The molecular weight excluding hydrogens is 388 g/mol. The summed E-state index contributed by atoms with van der Waals surface area (Å²) in [4.78, 5) is 31.4. The molecule has 0 radical (unpaired) electrons. The van der Waals surface area contributed by atoms with Gasteiger partial charge in [0, 0.05) is 57.2 Å². The van der Waals surface area contributed by atoms with Gasteiger partial charge < -0.3 is 29.0 Å². The van der Waals surface area contributed by atoms with Crippen molar-refractivity contribution in [3.05, 3.63) is 42.5 Å². The highest BCUT2D eigenvalue weighted by molar-refractivity contribution is 5.94. The van der Waals surface area contributed by atoms with E-state index in [0.717, 1.165) is 5.82 Å². The first kappa shape index (κ1) is 20.4. The van der Waals surface area contributed by atoms with Crippen LogP contribution < -0.4 is 10.1 Å². The molecule has 4 rings (SSSR count). The average Bonchev–Trinajstić information content (AvgIpc) is 3.24. The second kappa shape index (κ2) is 8.45. The van der Waals surface area contributed by atoms with Gasteiger partial charge >= 0.3 is 0 Å². The van der Waals surface area contributed by atoms with Crippen LogP contribution in [0.5, 0.6) is 5.75 Å². The predicted octanol–water partition coefficient (Wildman–Crippen LogP) is 1.39. The third kappa shape index (κ3) is 3.90. The molecule has 2 amide bonds. The zero-order valence-electron chi connectivity index (χ0n) is 17.2. The van der Waals surface area contributed by atoms with Gasteiger partial charge in [-0.25, -0.2) is 4.98 Å². The lowest BCUT2D eigenvalue weighted by atomic mass is 9.88. The van der Waals surface area contributed by atoms with Crippen molar-refractivity contribution in [2.45, 2.75) is 31.1 Å². The number of nitrogens with one attached hydrogen (secondary N) is 1. The van der Waals surface area contributed by atoms with Crippen LogP contribution in [-0.4, -0.2) is 66.3 Å². The van der Waals surface area contributed by atoms with Crippen LogP contribution in [0.4, 0.5) is 5.69 Å². The van der Waals surface area contributed by atoms with Crippen molar-refractivity contribution in [1.29, 1.82) is 0 Å². The van der Waals surface area contributed by atoms with Crippen molar-refractivity contribution < 1.29 is 23.8 Å². The lowest BCUT2D eigenvalue weighted by Crippen LogP contribution is -2.54. The van der Waals surface area contributed by atoms with Crippen molar-refractivity contribution in [2.75, 3.05) is 39.2 Å². The standard InChI is InChI=1S/C21H26N4O5/c1-28-14-18(26)24-9-6-21(7-10-24)20-22-8-11-25(20)13-17(30-21)19(27)23-15-4-3-5-16(12-15)29-2/h3-5,8,11-12,17H,6-7,9-10,13-14H2,1-2H3,(H,23,27)/t17-/m1/s1. The normalized spacial score (nSPS) is 19.9. The molecule has 30 heavy (non-hydrogen) atoms. The van der Waals surface area contributed by atoms with Gasteiger partial charge in [0.15, 0.2) is 6.10 Å². The Kier molecular flexibility index (Phi) is 5.74. The Balaban J connectivity index is 1.50. The van der Waals surface area contributed by atoms with E-state index in [9.17, 15) is 9.59 Å². The van der Waals surface area contributed by atoms with Gasteiger partial charge in [0.25, 0.3) is 5.91 Å². The van der Waals surface area contributed by atoms with Gasteiger partial charge in [0.2, 0.25) is 5.91 Å². The highest BCUT2D eigenvalue weighted by Crippen LogP contribution is 2.40. The molecule has 9 nitrogen and oxygen atoms in total. The molecule has 9 heteroatoms. The number of rotatable bonds is 5. The van der Waals surface area contributed by atoms with E-state index in [1.54, 1.807) is 24.3 Å². The maximum absolute atomic E-state index is 13.0. The van der Waals surface area contributed by atoms with E-state index in [4.69, 9.17) is 14.2 Å². The van der Waals surface area contributed by atoms with Crippen LogP contribution in [0.15, 0.2) is 36.7 Å². The summed E-state index contributed by atoms with van der Waals surface area (Å²) in [6, 6.07) is 7.21. The number of fused-ring (bicyclic) bond motifs is 2. The monoisotopic (exact) mass is 414 g/mol. The van der Waals surface area contributed by atoms with Crippen molar-refractivity contribution in [1.82, 2.24) is 14.5 Å². The summed E-state index contributed by atoms with van der Waals surface area (Å²) in [5.41, 5.74) is -0.0458. The first-order valence-electron chi connectivity index (χ1n) is 9.96. The predicted molar refractivity (Wildman–Crippen MR) is 108 cm³/mol. The number of likely N-dealkylation sites (tertiary alicyclic amines) is 1. The van der Waals surface area contributed by atoms with E-state index in [-0.39, 0.29) is 18.4 Å². The molecule has 0 aliphatic carbocycles. The smallest absolute Gasteiger partial charge is 0.255 e. The van der Waals surface area contributed by atoms with Crippen LogP contribution in [0.25, 0.3) is 0 Å². The summed E-state index contributed by atoms with van der Waals surface area (Å²) in [6.07, 6.45) is 4.07. The Morgan fingerprint density at radius 1 is 1.30 bits per heavy atom. The Hall–Kier alpha value is -2.91. The van der Waals surface area contributed by atoms with Crippen molar-refractivity contribution in [3.8, 4) is 5.75 Å². The Morgan fingerprint density at radius 3 is 2.83 bits per heavy atom. The number of hydrogen-bond donors (Lipinski definition) is 1. The highest BCUT2D eigenvalue weighted by atomic mass is 16.5. The zero-order valence-corrected chi connectivity index (χ0v) is 17.2. The lowest BCUT2D eigenvalue weighted by molar-refractivity contribution is -0.173. The summed E-state index contributed by atoms with van der Waals surface area (Å²) in [5.74, 6) is 1.21. The minimum absolute atomic E-state index is 0.0428. The molecule has 0 unspecified atom stereocenters. The van der Waals surface area contributed by atoms with Gasteiger partial charge in [0.05, 0.1) is 13.7 Å². The van der Waals surface area contributed by atoms with Gasteiger partial charge in [-0.3, -0.25) is 9.59 Å². The molecule has 0 saturated carbocycles. The third-order valence-electron chi connectivity index (χ3n) is 5.67. The number of carbonyl (C=O) groups is 2. The summed E-state index contributed by atoms with van der Waals surface area (Å²) in [7, 11) is 3.09. The molecule has 1 saturated heterocycles. The molecule has 1 aromatic heterocycles. The van der Waals surface area contributed by atoms with E-state index >= 15 is 0 Å². The molecule has 0 bridgehead atoms. The molecule has 160 valence electrons. The van der Waals surface area contributed by atoms with Gasteiger partial charge in [-0.2, -0.15) is 0 Å². The van der Waals surface area contributed by atoms with E-state index < -0.39 is 11.7 Å². The minimum atomic E-state index is -0.692. The molecule has 1 atom stereocenters. The number of benzene rings is 1. The number of nitrogens with zero attached hydrogens (tertiary/aromatic N) is 3. The number of piperidine rings is 1. The van der Waals surface area contributed by atoms with E-state index in [2.05, 4.69) is 10.3 Å². The maximum atomic E-state index is 13.0. The summed E-state index contributed by atoms with van der Waals surface area (Å²) in [6.45, 7) is 1.51. The first-order chi connectivity index (χ1) is 14.5. The number of methoxy groups -OCH3 is 2. The summed E-state index contributed by atoms with van der Waals surface area (Å²) >= 11 is 0. The molecular formula is C21H26N4O5. The molecule has 1 spiro atoms. The van der Waals surface area contributed by atoms with Crippen molar-refractivity contribution in [2.24, 2.45) is 0 Å². The second-order valence-corrected chi connectivity index (χ2v) is 7.54. The van der Waals surface area contributed by atoms with Crippen LogP contribution in [0, 0.1) is 0 Å². The van der Waals surface area contributed by atoms with E-state index in [1.807, 2.05) is 29.0 Å². The second-order valence-electron chi connectivity index (χ2n) is 7.54.